The third-order valence-electron chi connectivity index (χ3n) is 4.99. The fraction of sp³-hybridized carbons (Fsp3) is 0.857. The minimum absolute atomic E-state index is 0.0123. The van der Waals surface area contributed by atoms with Gasteiger partial charge in [-0.2, -0.15) is 0 Å². The second-order valence-corrected chi connectivity index (χ2v) is 6.35. The number of halogens is 1. The predicted molar refractivity (Wildman–Crippen MR) is 74.5 cm³/mol. The molecule has 0 aromatic rings. The summed E-state index contributed by atoms with van der Waals surface area (Å²) in [4.78, 5) is 28.6. The molecular formula is C14H21ClN2O3. The van der Waals surface area contributed by atoms with Crippen molar-refractivity contribution in [1.29, 1.82) is 0 Å². The Morgan fingerprint density at radius 3 is 2.70 bits per heavy atom. The molecule has 0 bridgehead atoms. The van der Waals surface area contributed by atoms with Gasteiger partial charge in [0, 0.05) is 38.7 Å². The van der Waals surface area contributed by atoms with Gasteiger partial charge in [0.05, 0.1) is 12.0 Å². The number of carbonyl (C=O) groups is 2. The number of fused-ring (bicyclic) bond motifs is 1. The minimum atomic E-state index is -0.426. The Kier molecular flexibility index (Phi) is 3.91. The van der Waals surface area contributed by atoms with Crippen LogP contribution in [0.4, 0.5) is 0 Å². The minimum Gasteiger partial charge on any atom is -0.381 e. The van der Waals surface area contributed by atoms with Crippen LogP contribution in [-0.4, -0.2) is 66.9 Å². The smallest absolute Gasteiger partial charge is 0.237 e. The first kappa shape index (κ1) is 14.1. The first-order chi connectivity index (χ1) is 9.67. The monoisotopic (exact) mass is 300 g/mol. The Bertz CT molecular complexity index is 411. The summed E-state index contributed by atoms with van der Waals surface area (Å²) in [5.74, 6) is 0.265. The lowest BCUT2D eigenvalue weighted by atomic mass is 9.73. The average Bonchev–Trinajstić information content (AvgIpc) is 3.13. The Morgan fingerprint density at radius 2 is 2.00 bits per heavy atom. The number of carbonyl (C=O) groups excluding carboxylic acids is 2. The van der Waals surface area contributed by atoms with Crippen LogP contribution in [0.3, 0.4) is 0 Å². The van der Waals surface area contributed by atoms with Crippen molar-refractivity contribution >= 4 is 23.4 Å². The molecule has 3 fully saturated rings. The maximum atomic E-state index is 13.0. The Hall–Kier alpha value is -0.810. The third-order valence-corrected chi connectivity index (χ3v) is 5.22. The Labute approximate surface area is 124 Å². The van der Waals surface area contributed by atoms with Crippen molar-refractivity contribution in [3.63, 3.8) is 0 Å². The van der Waals surface area contributed by atoms with Gasteiger partial charge in [-0.05, 0) is 19.3 Å². The normalized spacial score (nSPS) is 33.4. The van der Waals surface area contributed by atoms with Crippen LogP contribution < -0.4 is 0 Å². The van der Waals surface area contributed by atoms with Crippen LogP contribution in [0.2, 0.25) is 0 Å². The molecule has 0 spiro atoms. The van der Waals surface area contributed by atoms with Crippen LogP contribution in [0.5, 0.6) is 0 Å². The molecule has 0 radical (unpaired) electrons. The predicted octanol–water partition coefficient (Wildman–Crippen LogP) is 0.713. The zero-order chi connectivity index (χ0) is 14.2. The zero-order valence-corrected chi connectivity index (χ0v) is 12.4. The number of ether oxygens (including phenoxy) is 1. The quantitative estimate of drug-likeness (QED) is 0.706. The Balaban J connectivity index is 1.82. The number of hydrogen-bond donors (Lipinski definition) is 0. The molecule has 0 aromatic heterocycles. The van der Waals surface area contributed by atoms with Gasteiger partial charge in [0.2, 0.25) is 11.8 Å². The molecule has 3 rings (SSSR count). The molecule has 20 heavy (non-hydrogen) atoms. The third kappa shape index (κ3) is 2.21. The van der Waals surface area contributed by atoms with Crippen molar-refractivity contribution in [2.24, 2.45) is 11.3 Å². The topological polar surface area (TPSA) is 49.9 Å². The van der Waals surface area contributed by atoms with Crippen molar-refractivity contribution in [2.75, 3.05) is 45.3 Å². The SMILES string of the molecule is O=C(CCl)N1CC2COCCC2(C(=O)N2CCCC2)C1. The van der Waals surface area contributed by atoms with Gasteiger partial charge in [-0.15, -0.1) is 11.6 Å². The Morgan fingerprint density at radius 1 is 1.25 bits per heavy atom. The van der Waals surface area contributed by atoms with E-state index in [-0.39, 0.29) is 23.6 Å². The summed E-state index contributed by atoms with van der Waals surface area (Å²) < 4.78 is 5.54. The molecule has 3 saturated heterocycles. The lowest BCUT2D eigenvalue weighted by molar-refractivity contribution is -0.149. The second kappa shape index (κ2) is 5.53. The molecule has 3 aliphatic heterocycles. The second-order valence-electron chi connectivity index (χ2n) is 6.09. The van der Waals surface area contributed by atoms with Gasteiger partial charge < -0.3 is 14.5 Å². The van der Waals surface area contributed by atoms with Gasteiger partial charge >= 0.3 is 0 Å². The molecule has 112 valence electrons. The number of hydrogen-bond acceptors (Lipinski definition) is 3. The van der Waals surface area contributed by atoms with Gasteiger partial charge in [0.15, 0.2) is 0 Å². The first-order valence-corrected chi connectivity index (χ1v) is 7.92. The summed E-state index contributed by atoms with van der Waals surface area (Å²) in [7, 11) is 0. The van der Waals surface area contributed by atoms with E-state index in [4.69, 9.17) is 16.3 Å². The summed E-state index contributed by atoms with van der Waals surface area (Å²) in [6.45, 7) is 4.02. The first-order valence-electron chi connectivity index (χ1n) is 7.38. The highest BCUT2D eigenvalue weighted by Gasteiger charge is 2.55. The number of amides is 2. The van der Waals surface area contributed by atoms with Crippen molar-refractivity contribution in [3.8, 4) is 0 Å². The van der Waals surface area contributed by atoms with Crippen LogP contribution in [0.25, 0.3) is 0 Å². The van der Waals surface area contributed by atoms with Crippen LogP contribution in [0.1, 0.15) is 19.3 Å². The summed E-state index contributed by atoms with van der Waals surface area (Å²) in [5.41, 5.74) is -0.426. The van der Waals surface area contributed by atoms with Crippen molar-refractivity contribution in [2.45, 2.75) is 19.3 Å². The fourth-order valence-electron chi connectivity index (χ4n) is 3.81. The van der Waals surface area contributed by atoms with Crippen LogP contribution in [-0.2, 0) is 14.3 Å². The largest absolute Gasteiger partial charge is 0.381 e. The average molecular weight is 301 g/mol. The highest BCUT2D eigenvalue weighted by molar-refractivity contribution is 6.27. The highest BCUT2D eigenvalue weighted by Crippen LogP contribution is 2.44. The van der Waals surface area contributed by atoms with Crippen molar-refractivity contribution in [1.82, 2.24) is 9.80 Å². The van der Waals surface area contributed by atoms with Gasteiger partial charge in [0.25, 0.3) is 0 Å². The van der Waals surface area contributed by atoms with E-state index in [1.54, 1.807) is 4.90 Å². The molecule has 3 heterocycles. The molecule has 0 saturated carbocycles. The van der Waals surface area contributed by atoms with Crippen LogP contribution in [0, 0.1) is 11.3 Å². The molecule has 5 nitrogen and oxygen atoms in total. The van der Waals surface area contributed by atoms with E-state index in [0.717, 1.165) is 32.4 Å². The van der Waals surface area contributed by atoms with Gasteiger partial charge in [-0.25, -0.2) is 0 Å². The van der Waals surface area contributed by atoms with E-state index < -0.39 is 5.41 Å². The summed E-state index contributed by atoms with van der Waals surface area (Å²) in [6, 6.07) is 0. The maximum Gasteiger partial charge on any atom is 0.237 e. The molecular weight excluding hydrogens is 280 g/mol. The molecule has 0 aliphatic carbocycles. The highest BCUT2D eigenvalue weighted by atomic mass is 35.5. The lowest BCUT2D eigenvalue weighted by Crippen LogP contribution is -2.51. The van der Waals surface area contributed by atoms with E-state index in [1.165, 1.54) is 0 Å². The van der Waals surface area contributed by atoms with Gasteiger partial charge in [-0.3, -0.25) is 9.59 Å². The lowest BCUT2D eigenvalue weighted by Gasteiger charge is -2.39. The summed E-state index contributed by atoms with van der Waals surface area (Å²) in [5, 5.41) is 0. The molecule has 2 amide bonds. The summed E-state index contributed by atoms with van der Waals surface area (Å²) >= 11 is 5.66. The van der Waals surface area contributed by atoms with Crippen LogP contribution in [0.15, 0.2) is 0 Å². The van der Waals surface area contributed by atoms with E-state index in [9.17, 15) is 9.59 Å². The number of alkyl halides is 1. The molecule has 0 N–H and O–H groups in total. The maximum absolute atomic E-state index is 13.0. The van der Waals surface area contributed by atoms with E-state index in [1.807, 2.05) is 4.90 Å². The number of likely N-dealkylation sites (tertiary alicyclic amines) is 2. The standard InChI is InChI=1S/C14H21ClN2O3/c15-7-12(18)17-8-11-9-20-6-3-14(11,10-17)13(19)16-4-1-2-5-16/h11H,1-10H2. The van der Waals surface area contributed by atoms with Crippen molar-refractivity contribution in [3.05, 3.63) is 0 Å². The van der Waals surface area contributed by atoms with Gasteiger partial charge in [-0.1, -0.05) is 0 Å². The number of rotatable bonds is 2. The number of nitrogens with zero attached hydrogens (tertiary/aromatic N) is 2. The van der Waals surface area contributed by atoms with Gasteiger partial charge in [0.1, 0.15) is 5.88 Å². The van der Waals surface area contributed by atoms with Crippen molar-refractivity contribution < 1.29 is 14.3 Å². The molecule has 6 heteroatoms. The van der Waals surface area contributed by atoms with Crippen LogP contribution >= 0.6 is 11.6 Å². The molecule has 2 unspecified atom stereocenters. The van der Waals surface area contributed by atoms with E-state index in [0.29, 0.717) is 26.3 Å². The molecule has 2 atom stereocenters. The zero-order valence-electron chi connectivity index (χ0n) is 11.6. The molecule has 0 aromatic carbocycles. The fourth-order valence-corrected chi connectivity index (χ4v) is 3.98. The van der Waals surface area contributed by atoms with E-state index >= 15 is 0 Å². The van der Waals surface area contributed by atoms with E-state index in [2.05, 4.69) is 0 Å². The molecule has 3 aliphatic rings. The summed E-state index contributed by atoms with van der Waals surface area (Å²) in [6.07, 6.45) is 2.90.